The van der Waals surface area contributed by atoms with E-state index < -0.39 is 57.8 Å². The van der Waals surface area contributed by atoms with Crippen LogP contribution in [0.15, 0.2) is 0 Å². The molecule has 0 spiro atoms. The predicted molar refractivity (Wildman–Crippen MR) is 48.9 cm³/mol. The molecule has 0 saturated carbocycles. The second kappa shape index (κ2) is 5.86. The topological polar surface area (TPSA) is 40.5 Å². The maximum atomic E-state index is 13.1. The molecule has 146 valence electrons. The first-order valence-corrected chi connectivity index (χ1v) is 6.01. The monoisotopic (exact) mass is 413 g/mol. The molecule has 0 bridgehead atoms. The minimum Gasteiger partial charge on any atom is -0.342 e. The third kappa shape index (κ3) is 3.29. The van der Waals surface area contributed by atoms with Crippen LogP contribution in [0.5, 0.6) is 0 Å². The maximum absolute atomic E-state index is 13.1. The molecule has 2 unspecified atom stereocenters. The SMILES string of the molecule is CN(S(=O)C(F)(F)C(F)(F)C(F)(F)C(F)(F)F)C(O)(F)C(F)(F)F. The summed E-state index contributed by atoms with van der Waals surface area (Å²) in [7, 11) is -6.18. The zero-order chi connectivity index (χ0) is 20.2. The van der Waals surface area contributed by atoms with Gasteiger partial charge in [-0.3, -0.25) is 0 Å². The molecule has 3 nitrogen and oxygen atoms in total. The molecular formula is C7H4F13NO2S. The maximum Gasteiger partial charge on any atom is 0.465 e. The van der Waals surface area contributed by atoms with Crippen LogP contribution >= 0.6 is 0 Å². The van der Waals surface area contributed by atoms with Crippen LogP contribution in [0, 0.1) is 0 Å². The average molecular weight is 413 g/mol. The van der Waals surface area contributed by atoms with Crippen LogP contribution in [-0.4, -0.2) is 56.1 Å². The van der Waals surface area contributed by atoms with E-state index in [2.05, 4.69) is 0 Å². The molecule has 0 aromatic rings. The van der Waals surface area contributed by atoms with Crippen LogP contribution in [0.3, 0.4) is 0 Å². The van der Waals surface area contributed by atoms with Crippen molar-refractivity contribution in [3.63, 3.8) is 0 Å². The minimum atomic E-state index is -7.56. The second-order valence-corrected chi connectivity index (χ2v) is 5.55. The lowest BCUT2D eigenvalue weighted by Gasteiger charge is -2.37. The lowest BCUT2D eigenvalue weighted by atomic mass is 10.1. The van der Waals surface area contributed by atoms with Crippen molar-refractivity contribution in [2.75, 3.05) is 7.05 Å². The molecule has 0 amide bonds. The van der Waals surface area contributed by atoms with E-state index >= 15 is 0 Å². The Balaban J connectivity index is 6.04. The van der Waals surface area contributed by atoms with Crippen LogP contribution in [0.4, 0.5) is 57.1 Å². The van der Waals surface area contributed by atoms with Gasteiger partial charge in [0.25, 0.3) is 0 Å². The van der Waals surface area contributed by atoms with Crippen LogP contribution < -0.4 is 0 Å². The Kier molecular flexibility index (Phi) is 5.65. The van der Waals surface area contributed by atoms with Crippen LogP contribution in [0.2, 0.25) is 0 Å². The van der Waals surface area contributed by atoms with Gasteiger partial charge >= 0.3 is 35.4 Å². The lowest BCUT2D eigenvalue weighted by molar-refractivity contribution is -0.383. The van der Waals surface area contributed by atoms with Crippen molar-refractivity contribution in [3.8, 4) is 0 Å². The molecule has 2 atom stereocenters. The molecule has 0 aliphatic heterocycles. The van der Waals surface area contributed by atoms with E-state index in [9.17, 15) is 61.3 Å². The van der Waals surface area contributed by atoms with Crippen LogP contribution in [0.1, 0.15) is 0 Å². The lowest BCUT2D eigenvalue weighted by Crippen LogP contribution is -2.66. The Labute approximate surface area is 125 Å². The van der Waals surface area contributed by atoms with Crippen molar-refractivity contribution >= 4 is 11.0 Å². The number of hydrogen-bond acceptors (Lipinski definition) is 2. The van der Waals surface area contributed by atoms with Crippen molar-refractivity contribution in [2.24, 2.45) is 0 Å². The highest BCUT2D eigenvalue weighted by atomic mass is 32.2. The van der Waals surface area contributed by atoms with Crippen molar-refractivity contribution in [3.05, 3.63) is 0 Å². The fraction of sp³-hybridized carbons (Fsp3) is 1.00. The molecular weight excluding hydrogens is 409 g/mol. The van der Waals surface area contributed by atoms with E-state index in [1.165, 1.54) is 0 Å². The summed E-state index contributed by atoms with van der Waals surface area (Å²) in [6.07, 6.45) is -13.9. The molecule has 24 heavy (non-hydrogen) atoms. The van der Waals surface area contributed by atoms with E-state index in [1.807, 2.05) is 0 Å². The third-order valence-corrected chi connectivity index (χ3v) is 3.80. The summed E-state index contributed by atoms with van der Waals surface area (Å²) in [6.45, 7) is 0. The molecule has 0 aromatic carbocycles. The highest BCUT2D eigenvalue weighted by molar-refractivity contribution is 7.83. The zero-order valence-corrected chi connectivity index (χ0v) is 11.4. The van der Waals surface area contributed by atoms with Crippen LogP contribution in [-0.2, 0) is 11.0 Å². The van der Waals surface area contributed by atoms with Crippen molar-refractivity contribution in [1.82, 2.24) is 4.31 Å². The van der Waals surface area contributed by atoms with Gasteiger partial charge in [0.15, 0.2) is 11.0 Å². The summed E-state index contributed by atoms with van der Waals surface area (Å²) >= 11 is 0. The van der Waals surface area contributed by atoms with E-state index in [-0.39, 0.29) is 0 Å². The van der Waals surface area contributed by atoms with Crippen molar-refractivity contribution < 1.29 is 66.4 Å². The Morgan fingerprint density at radius 3 is 1.29 bits per heavy atom. The largest absolute Gasteiger partial charge is 0.465 e. The molecule has 0 saturated heterocycles. The van der Waals surface area contributed by atoms with Gasteiger partial charge in [-0.25, -0.2) is 4.21 Å². The summed E-state index contributed by atoms with van der Waals surface area (Å²) in [6, 6.07) is 0. The van der Waals surface area contributed by atoms with Crippen molar-refractivity contribution in [1.29, 1.82) is 0 Å². The Hall–Kier alpha value is -0.840. The highest BCUT2D eigenvalue weighted by Gasteiger charge is 2.84. The smallest absolute Gasteiger partial charge is 0.342 e. The summed E-state index contributed by atoms with van der Waals surface area (Å²) in [5.41, 5.74) is 0. The van der Waals surface area contributed by atoms with Gasteiger partial charge in [0.05, 0.1) is 0 Å². The molecule has 0 aliphatic carbocycles. The third-order valence-electron chi connectivity index (χ3n) is 2.36. The average Bonchev–Trinajstić information content (AvgIpc) is 2.33. The fourth-order valence-electron chi connectivity index (χ4n) is 0.931. The Morgan fingerprint density at radius 2 is 1.04 bits per heavy atom. The first-order chi connectivity index (χ1) is 10.1. The highest BCUT2D eigenvalue weighted by Crippen LogP contribution is 2.55. The summed E-state index contributed by atoms with van der Waals surface area (Å²) in [5.74, 6) is -21.1. The summed E-state index contributed by atoms with van der Waals surface area (Å²) in [5, 5.41) is 1.17. The molecule has 1 N–H and O–H groups in total. The summed E-state index contributed by atoms with van der Waals surface area (Å²) < 4.78 is 170. The van der Waals surface area contributed by atoms with Crippen LogP contribution in [0.25, 0.3) is 0 Å². The molecule has 0 aliphatic rings. The molecule has 17 heteroatoms. The number of rotatable bonds is 5. The second-order valence-electron chi connectivity index (χ2n) is 3.99. The van der Waals surface area contributed by atoms with Gasteiger partial charge < -0.3 is 5.11 Å². The Morgan fingerprint density at radius 1 is 0.708 bits per heavy atom. The van der Waals surface area contributed by atoms with Gasteiger partial charge in [0.2, 0.25) is 0 Å². The van der Waals surface area contributed by atoms with E-state index in [1.54, 1.807) is 0 Å². The number of nitrogens with zero attached hydrogens (tertiary/aromatic N) is 1. The Bertz CT molecular complexity index is 496. The number of hydrogen-bond donors (Lipinski definition) is 1. The molecule has 0 aromatic heterocycles. The standard InChI is InChI=1S/C7H4F13NO2S/c1-21(7(20,22)5(15,16)17)24(23)6(18,19)3(10,11)2(8,9)4(12,13)14/h22H,1H3. The van der Waals surface area contributed by atoms with Gasteiger partial charge in [-0.2, -0.15) is 61.4 Å². The first kappa shape index (κ1) is 23.2. The quantitative estimate of drug-likeness (QED) is 0.428. The zero-order valence-electron chi connectivity index (χ0n) is 10.6. The predicted octanol–water partition coefficient (Wildman–Crippen LogP) is 3.19. The molecule has 0 fully saturated rings. The van der Waals surface area contributed by atoms with Crippen molar-refractivity contribution in [2.45, 2.75) is 35.4 Å². The van der Waals surface area contributed by atoms with E-state index in [0.717, 1.165) is 0 Å². The number of aliphatic hydroxyl groups is 1. The van der Waals surface area contributed by atoms with Gasteiger partial charge in [-0.15, -0.1) is 0 Å². The van der Waals surface area contributed by atoms with Gasteiger partial charge in [0, 0.05) is 7.05 Å². The normalized spacial score (nSPS) is 19.3. The summed E-state index contributed by atoms with van der Waals surface area (Å²) in [4.78, 5) is 0. The molecule has 0 radical (unpaired) electrons. The van der Waals surface area contributed by atoms with E-state index in [4.69, 9.17) is 5.11 Å². The van der Waals surface area contributed by atoms with Gasteiger partial charge in [-0.1, -0.05) is 0 Å². The molecule has 0 heterocycles. The fourth-order valence-corrected chi connectivity index (χ4v) is 1.95. The van der Waals surface area contributed by atoms with E-state index in [0.29, 0.717) is 0 Å². The number of halogens is 13. The number of alkyl halides is 13. The van der Waals surface area contributed by atoms with Gasteiger partial charge in [-0.05, 0) is 0 Å². The first-order valence-electron chi connectivity index (χ1n) is 4.90. The van der Waals surface area contributed by atoms with Gasteiger partial charge in [0.1, 0.15) is 0 Å². The molecule has 0 rings (SSSR count). The minimum absolute atomic E-state index is 0.667.